The molecule has 0 aliphatic carbocycles. The second kappa shape index (κ2) is 6.91. The number of aromatic nitrogens is 2. The summed E-state index contributed by atoms with van der Waals surface area (Å²) in [5, 5.41) is 7.86. The quantitative estimate of drug-likeness (QED) is 0.822. The zero-order valence-corrected chi connectivity index (χ0v) is 12.7. The van der Waals surface area contributed by atoms with Gasteiger partial charge >= 0.3 is 0 Å². The van der Waals surface area contributed by atoms with Gasteiger partial charge in [-0.3, -0.25) is 4.79 Å². The van der Waals surface area contributed by atoms with Gasteiger partial charge in [-0.15, -0.1) is 10.2 Å². The lowest BCUT2D eigenvalue weighted by Crippen LogP contribution is -2.46. The fraction of sp³-hybridized carbons (Fsp3) is 0.667. The molecule has 2 fully saturated rings. The van der Waals surface area contributed by atoms with E-state index in [9.17, 15) is 4.79 Å². The molecule has 7 heteroatoms. The molecule has 0 spiro atoms. The smallest absolute Gasteiger partial charge is 0.233 e. The molecular weight excluding hydrogens is 286 g/mol. The summed E-state index contributed by atoms with van der Waals surface area (Å²) < 4.78 is 16.1. The second-order valence-corrected chi connectivity index (χ2v) is 5.64. The first-order chi connectivity index (χ1) is 10.8. The van der Waals surface area contributed by atoms with E-state index in [-0.39, 0.29) is 17.9 Å². The van der Waals surface area contributed by atoms with Crippen LogP contribution in [0.2, 0.25) is 0 Å². The SMILES string of the molecule is COc1ccc(OC2CCCN(C(=O)C3CCOC3)C2)nn1. The first kappa shape index (κ1) is 15.0. The Morgan fingerprint density at radius 2 is 2.14 bits per heavy atom. The van der Waals surface area contributed by atoms with Crippen LogP contribution < -0.4 is 9.47 Å². The van der Waals surface area contributed by atoms with Gasteiger partial charge in [0.05, 0.1) is 26.2 Å². The van der Waals surface area contributed by atoms with Crippen LogP contribution in [-0.4, -0.2) is 60.5 Å². The van der Waals surface area contributed by atoms with Crippen LogP contribution in [0.15, 0.2) is 12.1 Å². The fourth-order valence-electron chi connectivity index (χ4n) is 2.87. The molecule has 3 heterocycles. The van der Waals surface area contributed by atoms with E-state index in [2.05, 4.69) is 10.2 Å². The highest BCUT2D eigenvalue weighted by atomic mass is 16.5. The van der Waals surface area contributed by atoms with E-state index < -0.39 is 0 Å². The van der Waals surface area contributed by atoms with Crippen molar-refractivity contribution in [3.63, 3.8) is 0 Å². The van der Waals surface area contributed by atoms with Crippen LogP contribution >= 0.6 is 0 Å². The van der Waals surface area contributed by atoms with Gasteiger partial charge in [0.1, 0.15) is 6.10 Å². The maximum Gasteiger partial charge on any atom is 0.233 e. The minimum atomic E-state index is -0.0392. The van der Waals surface area contributed by atoms with Crippen molar-refractivity contribution >= 4 is 5.91 Å². The normalized spacial score (nSPS) is 25.0. The number of nitrogens with zero attached hydrogens (tertiary/aromatic N) is 3. The van der Waals surface area contributed by atoms with E-state index in [1.165, 1.54) is 0 Å². The number of amides is 1. The summed E-state index contributed by atoms with van der Waals surface area (Å²) in [5.41, 5.74) is 0. The van der Waals surface area contributed by atoms with Gasteiger partial charge in [-0.1, -0.05) is 0 Å². The molecule has 0 radical (unpaired) electrons. The molecule has 1 aromatic rings. The molecule has 2 aliphatic rings. The summed E-state index contributed by atoms with van der Waals surface area (Å²) in [6.45, 7) is 2.63. The van der Waals surface area contributed by atoms with Crippen molar-refractivity contribution in [1.82, 2.24) is 15.1 Å². The summed E-state index contributed by atoms with van der Waals surface area (Å²) in [6, 6.07) is 3.45. The molecule has 0 aromatic carbocycles. The fourth-order valence-corrected chi connectivity index (χ4v) is 2.87. The van der Waals surface area contributed by atoms with E-state index in [1.54, 1.807) is 19.2 Å². The van der Waals surface area contributed by atoms with E-state index >= 15 is 0 Å². The first-order valence-electron chi connectivity index (χ1n) is 7.67. The Morgan fingerprint density at radius 1 is 1.32 bits per heavy atom. The molecule has 2 unspecified atom stereocenters. The molecule has 2 atom stereocenters. The predicted octanol–water partition coefficient (Wildman–Crippen LogP) is 0.891. The van der Waals surface area contributed by atoms with Gasteiger partial charge < -0.3 is 19.1 Å². The molecule has 0 saturated carbocycles. The van der Waals surface area contributed by atoms with Crippen molar-refractivity contribution in [3.8, 4) is 11.8 Å². The molecule has 1 aromatic heterocycles. The minimum absolute atomic E-state index is 0.0135. The van der Waals surface area contributed by atoms with Crippen LogP contribution in [0.4, 0.5) is 0 Å². The first-order valence-corrected chi connectivity index (χ1v) is 7.67. The standard InChI is InChI=1S/C15H21N3O4/c1-20-13-4-5-14(17-16-13)22-12-3-2-7-18(9-12)15(19)11-6-8-21-10-11/h4-5,11-12H,2-3,6-10H2,1H3. The molecule has 7 nitrogen and oxygen atoms in total. The van der Waals surface area contributed by atoms with Crippen LogP contribution in [-0.2, 0) is 9.53 Å². The van der Waals surface area contributed by atoms with E-state index in [0.29, 0.717) is 31.5 Å². The van der Waals surface area contributed by atoms with Crippen molar-refractivity contribution in [2.75, 3.05) is 33.4 Å². The number of methoxy groups -OCH3 is 1. The number of likely N-dealkylation sites (tertiary alicyclic amines) is 1. The number of ether oxygens (including phenoxy) is 3. The Morgan fingerprint density at radius 3 is 2.82 bits per heavy atom. The third-order valence-electron chi connectivity index (χ3n) is 4.08. The Labute approximate surface area is 129 Å². The van der Waals surface area contributed by atoms with E-state index in [0.717, 1.165) is 25.8 Å². The number of carbonyl (C=O) groups is 1. The largest absolute Gasteiger partial charge is 0.480 e. The summed E-state index contributed by atoms with van der Waals surface area (Å²) in [6.07, 6.45) is 2.64. The zero-order valence-electron chi connectivity index (χ0n) is 12.7. The van der Waals surface area contributed by atoms with Crippen LogP contribution in [0, 0.1) is 5.92 Å². The van der Waals surface area contributed by atoms with Crippen molar-refractivity contribution in [1.29, 1.82) is 0 Å². The monoisotopic (exact) mass is 307 g/mol. The Balaban J connectivity index is 1.56. The number of carbonyl (C=O) groups excluding carboxylic acids is 1. The van der Waals surface area contributed by atoms with Crippen LogP contribution in [0.1, 0.15) is 19.3 Å². The lowest BCUT2D eigenvalue weighted by Gasteiger charge is -2.33. The Hall–Kier alpha value is -1.89. The number of hydrogen-bond donors (Lipinski definition) is 0. The van der Waals surface area contributed by atoms with Gasteiger partial charge in [0.25, 0.3) is 0 Å². The van der Waals surface area contributed by atoms with Crippen LogP contribution in [0.5, 0.6) is 11.8 Å². The van der Waals surface area contributed by atoms with Gasteiger partial charge in [0.15, 0.2) is 0 Å². The molecule has 0 bridgehead atoms. The molecule has 3 rings (SSSR count). The van der Waals surface area contributed by atoms with Crippen molar-refractivity contribution in [3.05, 3.63) is 12.1 Å². The maximum atomic E-state index is 12.4. The average Bonchev–Trinajstić information content (AvgIpc) is 3.09. The third-order valence-corrected chi connectivity index (χ3v) is 4.08. The summed E-state index contributed by atoms with van der Waals surface area (Å²) in [5.74, 6) is 1.12. The topological polar surface area (TPSA) is 73.8 Å². The summed E-state index contributed by atoms with van der Waals surface area (Å²) in [4.78, 5) is 14.3. The Kier molecular flexibility index (Phi) is 4.72. The lowest BCUT2D eigenvalue weighted by atomic mass is 10.0. The van der Waals surface area contributed by atoms with Crippen molar-refractivity contribution < 1.29 is 19.0 Å². The molecule has 0 N–H and O–H groups in total. The second-order valence-electron chi connectivity index (χ2n) is 5.64. The summed E-state index contributed by atoms with van der Waals surface area (Å²) >= 11 is 0. The number of hydrogen-bond acceptors (Lipinski definition) is 6. The maximum absolute atomic E-state index is 12.4. The molecule has 22 heavy (non-hydrogen) atoms. The van der Waals surface area contributed by atoms with Crippen molar-refractivity contribution in [2.24, 2.45) is 5.92 Å². The Bertz CT molecular complexity index is 502. The van der Waals surface area contributed by atoms with Gasteiger partial charge in [0.2, 0.25) is 17.7 Å². The van der Waals surface area contributed by atoms with Gasteiger partial charge in [-0.05, 0) is 19.3 Å². The zero-order chi connectivity index (χ0) is 15.4. The van der Waals surface area contributed by atoms with E-state index in [1.807, 2.05) is 4.90 Å². The average molecular weight is 307 g/mol. The summed E-state index contributed by atoms with van der Waals surface area (Å²) in [7, 11) is 1.54. The number of piperidine rings is 1. The number of rotatable bonds is 4. The highest BCUT2D eigenvalue weighted by molar-refractivity contribution is 5.79. The van der Waals surface area contributed by atoms with Crippen LogP contribution in [0.3, 0.4) is 0 Å². The molecule has 2 aliphatic heterocycles. The highest BCUT2D eigenvalue weighted by Crippen LogP contribution is 2.21. The molecular formula is C15H21N3O4. The van der Waals surface area contributed by atoms with E-state index in [4.69, 9.17) is 14.2 Å². The van der Waals surface area contributed by atoms with Crippen molar-refractivity contribution in [2.45, 2.75) is 25.4 Å². The van der Waals surface area contributed by atoms with Crippen LogP contribution in [0.25, 0.3) is 0 Å². The molecule has 1 amide bonds. The molecule has 120 valence electrons. The third kappa shape index (κ3) is 3.47. The van der Waals surface area contributed by atoms with Gasteiger partial charge in [-0.2, -0.15) is 0 Å². The van der Waals surface area contributed by atoms with Gasteiger partial charge in [-0.25, -0.2) is 0 Å². The highest BCUT2D eigenvalue weighted by Gasteiger charge is 2.31. The minimum Gasteiger partial charge on any atom is -0.480 e. The molecule has 2 saturated heterocycles. The predicted molar refractivity (Wildman–Crippen MR) is 77.7 cm³/mol. The van der Waals surface area contributed by atoms with Gasteiger partial charge in [0, 0.05) is 25.3 Å². The lowest BCUT2D eigenvalue weighted by molar-refractivity contribution is -0.138.